The first-order valence-corrected chi connectivity index (χ1v) is 7.22. The van der Waals surface area contributed by atoms with Crippen LogP contribution in [0.3, 0.4) is 0 Å². The summed E-state index contributed by atoms with van der Waals surface area (Å²) in [5, 5.41) is 0. The lowest BCUT2D eigenvalue weighted by atomic mass is 9.95. The van der Waals surface area contributed by atoms with Gasteiger partial charge in [0.05, 0.1) is 6.61 Å². The Morgan fingerprint density at radius 3 is 2.80 bits per heavy atom. The standard InChI is InChI=1S/C16H18N2OS/c1-16(2,3)15-17-12(9-14(20)18-15)10-4-5-13-11(8-10)6-7-19-13/h4-5,8-9H,6-7H2,1-3H3,(H,17,18,20). The van der Waals surface area contributed by atoms with Crippen LogP contribution in [0.4, 0.5) is 0 Å². The number of aromatic nitrogens is 2. The number of H-pyrrole nitrogens is 1. The third kappa shape index (κ3) is 2.48. The highest BCUT2D eigenvalue weighted by atomic mass is 32.1. The van der Waals surface area contributed by atoms with Gasteiger partial charge < -0.3 is 9.72 Å². The molecule has 0 amide bonds. The SMILES string of the molecule is CC(C)(C)c1nc(=S)cc(-c2ccc3c(c2)CCO3)[nH]1. The van der Waals surface area contributed by atoms with Crippen molar-refractivity contribution in [3.63, 3.8) is 0 Å². The van der Waals surface area contributed by atoms with Gasteiger partial charge in [-0.05, 0) is 35.4 Å². The normalized spacial score (nSPS) is 13.9. The van der Waals surface area contributed by atoms with Gasteiger partial charge in [0.2, 0.25) is 0 Å². The lowest BCUT2D eigenvalue weighted by molar-refractivity contribution is 0.357. The van der Waals surface area contributed by atoms with Crippen molar-refractivity contribution in [2.75, 3.05) is 6.61 Å². The van der Waals surface area contributed by atoms with Crippen LogP contribution in [-0.4, -0.2) is 16.6 Å². The molecule has 4 heteroatoms. The van der Waals surface area contributed by atoms with Crippen molar-refractivity contribution < 1.29 is 4.74 Å². The van der Waals surface area contributed by atoms with E-state index in [1.54, 1.807) is 0 Å². The molecule has 1 aliphatic heterocycles. The van der Waals surface area contributed by atoms with E-state index < -0.39 is 0 Å². The maximum atomic E-state index is 5.55. The van der Waals surface area contributed by atoms with Crippen molar-refractivity contribution in [2.45, 2.75) is 32.6 Å². The number of rotatable bonds is 1. The average molecular weight is 286 g/mol. The maximum Gasteiger partial charge on any atom is 0.130 e. The van der Waals surface area contributed by atoms with Gasteiger partial charge in [-0.3, -0.25) is 0 Å². The summed E-state index contributed by atoms with van der Waals surface area (Å²) in [7, 11) is 0. The Balaban J connectivity index is 2.10. The third-order valence-corrected chi connectivity index (χ3v) is 3.66. The van der Waals surface area contributed by atoms with Gasteiger partial charge in [-0.1, -0.05) is 33.0 Å². The minimum atomic E-state index is -0.0522. The molecule has 0 spiro atoms. The molecule has 0 saturated carbocycles. The highest BCUT2D eigenvalue weighted by molar-refractivity contribution is 7.71. The Morgan fingerprint density at radius 2 is 2.05 bits per heavy atom. The summed E-state index contributed by atoms with van der Waals surface area (Å²) in [6.45, 7) is 7.15. The molecule has 1 aromatic heterocycles. The Morgan fingerprint density at radius 1 is 1.25 bits per heavy atom. The molecule has 2 heterocycles. The second-order valence-corrected chi connectivity index (χ2v) is 6.57. The largest absolute Gasteiger partial charge is 0.493 e. The molecule has 3 nitrogen and oxygen atoms in total. The van der Waals surface area contributed by atoms with E-state index in [1.807, 2.05) is 12.1 Å². The third-order valence-electron chi connectivity index (χ3n) is 3.45. The Kier molecular flexibility index (Phi) is 3.13. The van der Waals surface area contributed by atoms with Gasteiger partial charge in [-0.25, -0.2) is 4.98 Å². The van der Waals surface area contributed by atoms with E-state index in [4.69, 9.17) is 17.0 Å². The zero-order valence-corrected chi connectivity index (χ0v) is 12.8. The molecule has 2 aromatic rings. The van der Waals surface area contributed by atoms with Crippen LogP contribution in [0, 0.1) is 4.64 Å². The van der Waals surface area contributed by atoms with Crippen molar-refractivity contribution in [1.29, 1.82) is 0 Å². The van der Waals surface area contributed by atoms with Crippen LogP contribution < -0.4 is 4.74 Å². The summed E-state index contributed by atoms with van der Waals surface area (Å²) in [6.07, 6.45) is 0.973. The van der Waals surface area contributed by atoms with Crippen LogP contribution in [0.5, 0.6) is 5.75 Å². The summed E-state index contributed by atoms with van der Waals surface area (Å²) in [6, 6.07) is 8.19. The zero-order chi connectivity index (χ0) is 14.3. The molecule has 0 unspecified atom stereocenters. The predicted molar refractivity (Wildman–Crippen MR) is 82.8 cm³/mol. The molecule has 0 radical (unpaired) electrons. The Hall–Kier alpha value is -1.68. The van der Waals surface area contributed by atoms with Crippen LogP contribution in [0.2, 0.25) is 0 Å². The quantitative estimate of drug-likeness (QED) is 0.804. The molecule has 0 saturated heterocycles. The fourth-order valence-corrected chi connectivity index (χ4v) is 2.53. The van der Waals surface area contributed by atoms with E-state index in [-0.39, 0.29) is 5.41 Å². The topological polar surface area (TPSA) is 37.9 Å². The predicted octanol–water partition coefficient (Wildman–Crippen LogP) is 4.04. The molecule has 3 rings (SSSR count). The molecule has 104 valence electrons. The van der Waals surface area contributed by atoms with Crippen molar-refractivity contribution in [1.82, 2.24) is 9.97 Å². The summed E-state index contributed by atoms with van der Waals surface area (Å²) in [5.74, 6) is 1.91. The van der Waals surface area contributed by atoms with Crippen molar-refractivity contribution >= 4 is 12.2 Å². The first kappa shape index (κ1) is 13.3. The molecule has 20 heavy (non-hydrogen) atoms. The maximum absolute atomic E-state index is 5.55. The highest BCUT2D eigenvalue weighted by Crippen LogP contribution is 2.30. The number of nitrogens with zero attached hydrogens (tertiary/aromatic N) is 1. The van der Waals surface area contributed by atoms with Gasteiger partial charge in [0, 0.05) is 17.5 Å². The fraction of sp³-hybridized carbons (Fsp3) is 0.375. The van der Waals surface area contributed by atoms with Crippen molar-refractivity contribution in [3.05, 3.63) is 40.3 Å². The van der Waals surface area contributed by atoms with E-state index in [2.05, 4.69) is 42.9 Å². The van der Waals surface area contributed by atoms with Crippen LogP contribution in [-0.2, 0) is 11.8 Å². The van der Waals surface area contributed by atoms with Crippen molar-refractivity contribution in [3.8, 4) is 17.0 Å². The van der Waals surface area contributed by atoms with Crippen LogP contribution in [0.1, 0.15) is 32.2 Å². The van der Waals surface area contributed by atoms with Crippen molar-refractivity contribution in [2.24, 2.45) is 0 Å². The number of nitrogens with one attached hydrogen (secondary N) is 1. The molecule has 0 aliphatic carbocycles. The number of fused-ring (bicyclic) bond motifs is 1. The minimum Gasteiger partial charge on any atom is -0.493 e. The molecular weight excluding hydrogens is 268 g/mol. The highest BCUT2D eigenvalue weighted by Gasteiger charge is 2.18. The lowest BCUT2D eigenvalue weighted by Crippen LogP contribution is -2.16. The molecule has 1 aliphatic rings. The van der Waals surface area contributed by atoms with Gasteiger partial charge >= 0.3 is 0 Å². The van der Waals surface area contributed by atoms with Crippen LogP contribution in [0.25, 0.3) is 11.3 Å². The first-order valence-electron chi connectivity index (χ1n) is 6.81. The first-order chi connectivity index (χ1) is 9.43. The molecule has 0 fully saturated rings. The van der Waals surface area contributed by atoms with Gasteiger partial charge in [0.15, 0.2) is 0 Å². The number of ether oxygens (including phenoxy) is 1. The fourth-order valence-electron chi connectivity index (χ4n) is 2.32. The number of hydrogen-bond acceptors (Lipinski definition) is 3. The van der Waals surface area contributed by atoms with E-state index in [0.29, 0.717) is 4.64 Å². The monoisotopic (exact) mass is 286 g/mol. The second-order valence-electron chi connectivity index (χ2n) is 6.15. The minimum absolute atomic E-state index is 0.0522. The van der Waals surface area contributed by atoms with Crippen LogP contribution in [0.15, 0.2) is 24.3 Å². The number of aromatic amines is 1. The molecular formula is C16H18N2OS. The zero-order valence-electron chi connectivity index (χ0n) is 12.0. The summed E-state index contributed by atoms with van der Waals surface area (Å²) in [5.41, 5.74) is 3.36. The van der Waals surface area contributed by atoms with Gasteiger partial charge in [0.1, 0.15) is 16.2 Å². The average Bonchev–Trinajstić information content (AvgIpc) is 2.84. The van der Waals surface area contributed by atoms with E-state index in [0.717, 1.165) is 35.9 Å². The molecule has 1 N–H and O–H groups in total. The van der Waals surface area contributed by atoms with E-state index >= 15 is 0 Å². The smallest absolute Gasteiger partial charge is 0.130 e. The van der Waals surface area contributed by atoms with Gasteiger partial charge in [-0.2, -0.15) is 0 Å². The van der Waals surface area contributed by atoms with Gasteiger partial charge in [-0.15, -0.1) is 0 Å². The molecule has 1 aromatic carbocycles. The number of benzene rings is 1. The molecule has 0 atom stereocenters. The summed E-state index contributed by atoms with van der Waals surface area (Å²) in [4.78, 5) is 7.85. The van der Waals surface area contributed by atoms with E-state index in [9.17, 15) is 0 Å². The molecule has 0 bridgehead atoms. The van der Waals surface area contributed by atoms with Crippen LogP contribution >= 0.6 is 12.2 Å². The lowest BCUT2D eigenvalue weighted by Gasteiger charge is -2.18. The Bertz CT molecular complexity index is 713. The second kappa shape index (κ2) is 4.70. The number of hydrogen-bond donors (Lipinski definition) is 1. The van der Waals surface area contributed by atoms with E-state index in [1.165, 1.54) is 5.56 Å². The van der Waals surface area contributed by atoms with Gasteiger partial charge in [0.25, 0.3) is 0 Å². The summed E-state index contributed by atoms with van der Waals surface area (Å²) >= 11 is 5.30. The summed E-state index contributed by atoms with van der Waals surface area (Å²) < 4.78 is 6.17. The Labute approximate surface area is 124 Å².